The third kappa shape index (κ3) is 3.72. The van der Waals surface area contributed by atoms with Crippen molar-refractivity contribution in [2.75, 3.05) is 18.0 Å². The fraction of sp³-hybridized carbons (Fsp3) is 0.462. The molecule has 1 rings (SSSR count). The van der Waals surface area contributed by atoms with Gasteiger partial charge in [0.05, 0.1) is 18.6 Å². The molecule has 0 aliphatic rings. The summed E-state index contributed by atoms with van der Waals surface area (Å²) in [6.45, 7) is 4.85. The van der Waals surface area contributed by atoms with E-state index in [4.69, 9.17) is 10.4 Å². The second-order valence-corrected chi connectivity index (χ2v) is 4.04. The number of benzene rings is 1. The summed E-state index contributed by atoms with van der Waals surface area (Å²) in [7, 11) is 0. The van der Waals surface area contributed by atoms with Crippen molar-refractivity contribution >= 4 is 5.69 Å². The van der Waals surface area contributed by atoms with Crippen molar-refractivity contribution in [2.24, 2.45) is 5.92 Å². The number of hydrogen-bond acceptors (Lipinski definition) is 3. The van der Waals surface area contributed by atoms with Crippen molar-refractivity contribution in [1.82, 2.24) is 0 Å². The largest absolute Gasteiger partial charge is 0.392 e. The van der Waals surface area contributed by atoms with Gasteiger partial charge in [-0.3, -0.25) is 0 Å². The summed E-state index contributed by atoms with van der Waals surface area (Å²) in [6.07, 6.45) is 0. The van der Waals surface area contributed by atoms with Crippen LogP contribution in [0.4, 0.5) is 10.1 Å². The van der Waals surface area contributed by atoms with Gasteiger partial charge in [0.1, 0.15) is 5.82 Å². The summed E-state index contributed by atoms with van der Waals surface area (Å²) in [5, 5.41) is 17.8. The van der Waals surface area contributed by atoms with Crippen molar-refractivity contribution in [2.45, 2.75) is 20.5 Å². The standard InChI is InChI=1S/C13H17FN2O/c1-3-16(8-10(2)7-15)13-5-11(9-17)4-12(14)6-13/h4-6,10,17H,3,8-9H2,1-2H3. The maximum Gasteiger partial charge on any atom is 0.125 e. The highest BCUT2D eigenvalue weighted by molar-refractivity contribution is 5.49. The SMILES string of the molecule is CCN(CC(C)C#N)c1cc(F)cc(CO)c1. The number of rotatable bonds is 5. The van der Waals surface area contributed by atoms with Crippen molar-refractivity contribution in [3.8, 4) is 6.07 Å². The number of aliphatic hydroxyl groups is 1. The lowest BCUT2D eigenvalue weighted by Gasteiger charge is -2.24. The van der Waals surface area contributed by atoms with Gasteiger partial charge in [0, 0.05) is 18.8 Å². The molecule has 1 N–H and O–H groups in total. The molecule has 0 fully saturated rings. The van der Waals surface area contributed by atoms with Crippen LogP contribution in [0.5, 0.6) is 0 Å². The predicted molar refractivity (Wildman–Crippen MR) is 65.0 cm³/mol. The van der Waals surface area contributed by atoms with E-state index in [2.05, 4.69) is 6.07 Å². The van der Waals surface area contributed by atoms with E-state index >= 15 is 0 Å². The van der Waals surface area contributed by atoms with Crippen molar-refractivity contribution in [1.29, 1.82) is 5.26 Å². The Morgan fingerprint density at radius 3 is 2.71 bits per heavy atom. The molecule has 0 amide bonds. The summed E-state index contributed by atoms with van der Waals surface area (Å²) < 4.78 is 13.3. The smallest absolute Gasteiger partial charge is 0.125 e. The van der Waals surface area contributed by atoms with E-state index in [1.807, 2.05) is 18.7 Å². The van der Waals surface area contributed by atoms with E-state index in [0.717, 1.165) is 0 Å². The van der Waals surface area contributed by atoms with E-state index < -0.39 is 0 Å². The summed E-state index contributed by atoms with van der Waals surface area (Å²) >= 11 is 0. The molecule has 3 nitrogen and oxygen atoms in total. The molecule has 1 aromatic rings. The molecule has 0 heterocycles. The van der Waals surface area contributed by atoms with E-state index in [1.165, 1.54) is 12.1 Å². The van der Waals surface area contributed by atoms with Crippen LogP contribution >= 0.6 is 0 Å². The molecule has 0 aromatic heterocycles. The van der Waals surface area contributed by atoms with Gasteiger partial charge in [-0.05, 0) is 37.6 Å². The highest BCUT2D eigenvalue weighted by Gasteiger charge is 2.10. The first-order valence-corrected chi connectivity index (χ1v) is 5.65. The molecule has 1 atom stereocenters. The zero-order valence-corrected chi connectivity index (χ0v) is 10.2. The molecule has 0 aliphatic carbocycles. The average Bonchev–Trinajstić information content (AvgIpc) is 2.34. The maximum absolute atomic E-state index is 13.3. The lowest BCUT2D eigenvalue weighted by molar-refractivity contribution is 0.281. The first-order chi connectivity index (χ1) is 8.10. The van der Waals surface area contributed by atoms with Crippen molar-refractivity contribution in [3.05, 3.63) is 29.6 Å². The molecule has 17 heavy (non-hydrogen) atoms. The predicted octanol–water partition coefficient (Wildman–Crippen LogP) is 2.30. The molecule has 0 saturated carbocycles. The molecule has 92 valence electrons. The molecule has 1 aromatic carbocycles. The first-order valence-electron chi connectivity index (χ1n) is 5.65. The van der Waals surface area contributed by atoms with Crippen LogP contribution in [0, 0.1) is 23.1 Å². The van der Waals surface area contributed by atoms with Crippen LogP contribution in [0.3, 0.4) is 0 Å². The molecule has 0 saturated heterocycles. The van der Waals surface area contributed by atoms with Gasteiger partial charge < -0.3 is 10.0 Å². The first kappa shape index (κ1) is 13.5. The monoisotopic (exact) mass is 236 g/mol. The number of halogens is 1. The van der Waals surface area contributed by atoms with Crippen LogP contribution in [0.2, 0.25) is 0 Å². The quantitative estimate of drug-likeness (QED) is 0.853. The van der Waals surface area contributed by atoms with Crippen LogP contribution in [0.15, 0.2) is 18.2 Å². The molecule has 0 radical (unpaired) electrons. The third-order valence-electron chi connectivity index (χ3n) is 2.59. The van der Waals surface area contributed by atoms with Gasteiger partial charge in [0.15, 0.2) is 0 Å². The fourth-order valence-electron chi connectivity index (χ4n) is 1.70. The minimum atomic E-state index is -0.366. The fourth-order valence-corrected chi connectivity index (χ4v) is 1.70. The van der Waals surface area contributed by atoms with Gasteiger partial charge in [-0.2, -0.15) is 5.26 Å². The topological polar surface area (TPSA) is 47.3 Å². The summed E-state index contributed by atoms with van der Waals surface area (Å²) in [4.78, 5) is 1.93. The zero-order chi connectivity index (χ0) is 12.8. The Balaban J connectivity index is 2.95. The molecule has 1 unspecified atom stereocenters. The van der Waals surface area contributed by atoms with Crippen molar-refractivity contribution < 1.29 is 9.50 Å². The van der Waals surface area contributed by atoms with Gasteiger partial charge in [0.25, 0.3) is 0 Å². The Bertz CT molecular complexity index is 414. The second-order valence-electron chi connectivity index (χ2n) is 4.04. The minimum absolute atomic E-state index is 0.115. The molecule has 0 bridgehead atoms. The van der Waals surface area contributed by atoms with Crippen molar-refractivity contribution in [3.63, 3.8) is 0 Å². The number of aliphatic hydroxyl groups excluding tert-OH is 1. The maximum atomic E-state index is 13.3. The molecular weight excluding hydrogens is 219 g/mol. The average molecular weight is 236 g/mol. The van der Waals surface area contributed by atoms with E-state index in [0.29, 0.717) is 24.3 Å². The van der Waals surface area contributed by atoms with Gasteiger partial charge in [0.2, 0.25) is 0 Å². The van der Waals surface area contributed by atoms with Crippen LogP contribution in [-0.2, 0) is 6.61 Å². The normalized spacial score (nSPS) is 11.9. The molecular formula is C13H17FN2O. The second kappa shape index (κ2) is 6.21. The van der Waals surface area contributed by atoms with E-state index in [1.54, 1.807) is 6.07 Å². The number of nitrogens with zero attached hydrogens (tertiary/aromatic N) is 2. The molecule has 4 heteroatoms. The summed E-state index contributed by atoms with van der Waals surface area (Å²) in [6, 6.07) is 6.64. The summed E-state index contributed by atoms with van der Waals surface area (Å²) in [5.74, 6) is -0.481. The van der Waals surface area contributed by atoms with Gasteiger partial charge in [-0.15, -0.1) is 0 Å². The van der Waals surface area contributed by atoms with E-state index in [-0.39, 0.29) is 18.3 Å². The van der Waals surface area contributed by atoms with Gasteiger partial charge in [-0.25, -0.2) is 4.39 Å². The highest BCUT2D eigenvalue weighted by atomic mass is 19.1. The van der Waals surface area contributed by atoms with Crippen LogP contribution in [0.25, 0.3) is 0 Å². The van der Waals surface area contributed by atoms with E-state index in [9.17, 15) is 4.39 Å². The van der Waals surface area contributed by atoms with Gasteiger partial charge in [-0.1, -0.05) is 0 Å². The molecule has 0 aliphatic heterocycles. The van der Waals surface area contributed by atoms with Crippen LogP contribution < -0.4 is 4.90 Å². The Morgan fingerprint density at radius 1 is 1.47 bits per heavy atom. The zero-order valence-electron chi connectivity index (χ0n) is 10.2. The highest BCUT2D eigenvalue weighted by Crippen LogP contribution is 2.19. The third-order valence-corrected chi connectivity index (χ3v) is 2.59. The lowest BCUT2D eigenvalue weighted by atomic mass is 10.1. The van der Waals surface area contributed by atoms with Crippen LogP contribution in [-0.4, -0.2) is 18.2 Å². The number of nitriles is 1. The number of hydrogen-bond donors (Lipinski definition) is 1. The summed E-state index contributed by atoms with van der Waals surface area (Å²) in [5.41, 5.74) is 1.25. The Hall–Kier alpha value is -1.60. The molecule has 0 spiro atoms. The van der Waals surface area contributed by atoms with Crippen LogP contribution in [0.1, 0.15) is 19.4 Å². The Kier molecular flexibility index (Phi) is 4.92. The van der Waals surface area contributed by atoms with Gasteiger partial charge >= 0.3 is 0 Å². The number of anilines is 1. The lowest BCUT2D eigenvalue weighted by Crippen LogP contribution is -2.27. The Labute approximate surface area is 101 Å². The minimum Gasteiger partial charge on any atom is -0.392 e. The Morgan fingerprint density at radius 2 is 2.18 bits per heavy atom.